The molecule has 0 aliphatic heterocycles. The van der Waals surface area contributed by atoms with Crippen molar-refractivity contribution in [3.63, 3.8) is 0 Å². The molecule has 0 aromatic heterocycles. The largest absolute Gasteiger partial charge is 0.491 e. The fraction of sp³-hybridized carbons (Fsp3) is 0.300. The number of benzene rings is 4. The molecule has 6 unspecified atom stereocenters. The van der Waals surface area contributed by atoms with E-state index in [4.69, 9.17) is 37.9 Å². The van der Waals surface area contributed by atoms with Crippen LogP contribution < -0.4 is 18.9 Å². The van der Waals surface area contributed by atoms with E-state index < -0.39 is 60.4 Å². The van der Waals surface area contributed by atoms with Crippen LogP contribution in [0, 0.1) is 0 Å². The molecule has 0 saturated heterocycles. The van der Waals surface area contributed by atoms with E-state index in [0.29, 0.717) is 23.0 Å². The van der Waals surface area contributed by atoms with Crippen molar-refractivity contribution in [2.75, 3.05) is 52.9 Å². The highest BCUT2D eigenvalue weighted by Gasteiger charge is 2.29. The molecule has 0 amide bonds. The topological polar surface area (TPSA) is 226 Å². The highest BCUT2D eigenvalue weighted by Crippen LogP contribution is 2.44. The van der Waals surface area contributed by atoms with Gasteiger partial charge in [0.05, 0.1) is 6.61 Å². The Balaban J connectivity index is 1.69. The van der Waals surface area contributed by atoms with Crippen molar-refractivity contribution >= 4 is 17.9 Å². The first-order valence-electron chi connectivity index (χ1n) is 20.7. The molecular formula is C50H56O16. The van der Waals surface area contributed by atoms with E-state index in [1.54, 1.807) is 48.5 Å². The van der Waals surface area contributed by atoms with Crippen molar-refractivity contribution in [2.45, 2.75) is 42.5 Å². The van der Waals surface area contributed by atoms with Crippen LogP contribution in [0.2, 0.25) is 0 Å². The van der Waals surface area contributed by atoms with Gasteiger partial charge in [0.25, 0.3) is 0 Å². The summed E-state index contributed by atoms with van der Waals surface area (Å²) in [6.07, 6.45) is -1.33. The van der Waals surface area contributed by atoms with Crippen molar-refractivity contribution in [2.24, 2.45) is 0 Å². The normalized spacial score (nSPS) is 14.1. The molecule has 0 radical (unpaired) electrons. The summed E-state index contributed by atoms with van der Waals surface area (Å²) in [6, 6.07) is 29.3. The van der Waals surface area contributed by atoms with Gasteiger partial charge >= 0.3 is 17.9 Å². The third-order valence-electron chi connectivity index (χ3n) is 9.47. The standard InChI is InChI=1S/C50H56O16/c1-5-45(55)63-29-37(51)25-59-41-17-9-33(10-18-41)49(34-11-19-42(20-12-34)60-26-38(52)30-64-46(56)6-2)50(35-13-21-43(22-14-35)61-27-39(53)31-65-47(57)7-3)36-15-23-44(24-16-36)62-28-40(54)32-66-48(58)8-4/h5-24,37-40,45,49-55H,1-4,25-32H2. The van der Waals surface area contributed by atoms with Crippen LogP contribution in [0.4, 0.5) is 0 Å². The zero-order valence-electron chi connectivity index (χ0n) is 36.3. The average Bonchev–Trinajstić information content (AvgIpc) is 3.35. The summed E-state index contributed by atoms with van der Waals surface area (Å²) in [4.78, 5) is 34.4. The molecule has 0 saturated carbocycles. The lowest BCUT2D eigenvalue weighted by Crippen LogP contribution is -2.26. The Kier molecular flexibility index (Phi) is 21.6. The first-order chi connectivity index (χ1) is 31.8. The molecule has 4 aromatic rings. The molecule has 0 aliphatic rings. The second-order valence-corrected chi connectivity index (χ2v) is 14.6. The van der Waals surface area contributed by atoms with Crippen LogP contribution in [0.3, 0.4) is 0 Å². The summed E-state index contributed by atoms with van der Waals surface area (Å²) < 4.78 is 43.2. The maximum absolute atomic E-state index is 11.5. The van der Waals surface area contributed by atoms with E-state index in [1.165, 1.54) is 6.08 Å². The first kappa shape index (κ1) is 51.8. The number of esters is 3. The Morgan fingerprint density at radius 1 is 0.394 bits per heavy atom. The Morgan fingerprint density at radius 3 is 0.864 bits per heavy atom. The van der Waals surface area contributed by atoms with Gasteiger partial charge in [-0.2, -0.15) is 0 Å². The number of aliphatic hydroxyl groups excluding tert-OH is 5. The van der Waals surface area contributed by atoms with Gasteiger partial charge in [0.2, 0.25) is 0 Å². The molecule has 16 heteroatoms. The van der Waals surface area contributed by atoms with Gasteiger partial charge in [-0.3, -0.25) is 0 Å². The average molecular weight is 913 g/mol. The van der Waals surface area contributed by atoms with Crippen molar-refractivity contribution in [3.05, 3.63) is 170 Å². The van der Waals surface area contributed by atoms with Gasteiger partial charge < -0.3 is 63.4 Å². The molecule has 4 rings (SSSR count). The first-order valence-corrected chi connectivity index (χ1v) is 20.7. The highest BCUT2D eigenvalue weighted by atomic mass is 16.6. The molecule has 16 nitrogen and oxygen atoms in total. The van der Waals surface area contributed by atoms with Gasteiger partial charge in [0.1, 0.15) is 93.7 Å². The SMILES string of the molecule is C=CC(=O)OCC(O)COc1ccc(C(c2ccc(OCC(O)COC(=O)C=C)cc2)C(c2ccc(OCC(O)COC(=O)C=C)cc2)c2ccc(OCC(O)COC(O)C=C)cc2)cc1. The zero-order valence-corrected chi connectivity index (χ0v) is 36.3. The van der Waals surface area contributed by atoms with Crippen molar-refractivity contribution in [3.8, 4) is 23.0 Å². The third kappa shape index (κ3) is 17.6. The summed E-state index contributed by atoms with van der Waals surface area (Å²) in [5.74, 6) is -1.01. The van der Waals surface area contributed by atoms with Crippen LogP contribution in [0.15, 0.2) is 148 Å². The lowest BCUT2D eigenvalue weighted by molar-refractivity contribution is -0.142. The van der Waals surface area contributed by atoms with Crippen LogP contribution in [0.25, 0.3) is 0 Å². The molecule has 0 bridgehead atoms. The van der Waals surface area contributed by atoms with Gasteiger partial charge in [-0.25, -0.2) is 14.4 Å². The van der Waals surface area contributed by atoms with Gasteiger partial charge in [0.15, 0.2) is 6.29 Å². The minimum Gasteiger partial charge on any atom is -0.491 e. The summed E-state index contributed by atoms with van der Waals surface area (Å²) in [6.45, 7) is 11.9. The number of carbonyl (C=O) groups is 3. The molecule has 0 fully saturated rings. The predicted molar refractivity (Wildman–Crippen MR) is 241 cm³/mol. The molecule has 66 heavy (non-hydrogen) atoms. The maximum Gasteiger partial charge on any atom is 0.330 e. The van der Waals surface area contributed by atoms with Crippen molar-refractivity contribution in [1.29, 1.82) is 0 Å². The maximum atomic E-state index is 11.5. The molecule has 5 N–H and O–H groups in total. The minimum atomic E-state index is -1.22. The van der Waals surface area contributed by atoms with E-state index >= 15 is 0 Å². The zero-order chi connectivity index (χ0) is 47.8. The van der Waals surface area contributed by atoms with Crippen LogP contribution in [-0.4, -0.2) is 127 Å². The van der Waals surface area contributed by atoms with Gasteiger partial charge in [-0.15, -0.1) is 0 Å². The van der Waals surface area contributed by atoms with E-state index in [9.17, 15) is 39.9 Å². The lowest BCUT2D eigenvalue weighted by atomic mass is 9.73. The smallest absolute Gasteiger partial charge is 0.330 e. The van der Waals surface area contributed by atoms with Crippen LogP contribution >= 0.6 is 0 Å². The van der Waals surface area contributed by atoms with Gasteiger partial charge in [-0.05, 0) is 76.9 Å². The van der Waals surface area contributed by atoms with Crippen molar-refractivity contribution < 1.29 is 77.8 Å². The fourth-order valence-corrected chi connectivity index (χ4v) is 6.19. The van der Waals surface area contributed by atoms with Crippen LogP contribution in [0.1, 0.15) is 34.1 Å². The molecule has 0 heterocycles. The van der Waals surface area contributed by atoms with E-state index in [0.717, 1.165) is 40.5 Å². The number of hydrogen-bond donors (Lipinski definition) is 5. The second-order valence-electron chi connectivity index (χ2n) is 14.6. The molecule has 0 aliphatic carbocycles. The number of carbonyl (C=O) groups excluding carboxylic acids is 3. The Bertz CT molecular complexity index is 2060. The monoisotopic (exact) mass is 912 g/mol. The van der Waals surface area contributed by atoms with E-state index in [1.807, 2.05) is 48.5 Å². The Hall–Kier alpha value is -6.79. The lowest BCUT2D eigenvalue weighted by Gasteiger charge is -2.30. The quantitative estimate of drug-likeness (QED) is 0.0161. The van der Waals surface area contributed by atoms with Crippen molar-refractivity contribution in [1.82, 2.24) is 0 Å². The van der Waals surface area contributed by atoms with Gasteiger partial charge in [-0.1, -0.05) is 74.8 Å². The third-order valence-corrected chi connectivity index (χ3v) is 9.47. The summed E-state index contributed by atoms with van der Waals surface area (Å²) >= 11 is 0. The van der Waals surface area contributed by atoms with E-state index in [2.05, 4.69) is 26.3 Å². The molecule has 6 atom stereocenters. The summed E-state index contributed by atoms with van der Waals surface area (Å²) in [5.41, 5.74) is 3.41. The highest BCUT2D eigenvalue weighted by molar-refractivity contribution is 5.81. The fourth-order valence-electron chi connectivity index (χ4n) is 6.19. The number of rotatable bonds is 30. The predicted octanol–water partition coefficient (Wildman–Crippen LogP) is 4.32. The number of aliphatic hydroxyl groups is 5. The summed E-state index contributed by atoms with van der Waals surface area (Å²) in [5, 5.41) is 50.9. The number of ether oxygens (including phenoxy) is 8. The van der Waals surface area contributed by atoms with Crippen LogP contribution in [-0.2, 0) is 33.3 Å². The van der Waals surface area contributed by atoms with Gasteiger partial charge in [0, 0.05) is 30.1 Å². The molecular weight excluding hydrogens is 857 g/mol. The molecule has 352 valence electrons. The number of hydrogen-bond acceptors (Lipinski definition) is 16. The Labute approximate surface area is 383 Å². The Morgan fingerprint density at radius 2 is 0.636 bits per heavy atom. The van der Waals surface area contributed by atoms with E-state index in [-0.39, 0.29) is 52.9 Å². The summed E-state index contributed by atoms with van der Waals surface area (Å²) in [7, 11) is 0. The van der Waals surface area contributed by atoms with Crippen LogP contribution in [0.5, 0.6) is 23.0 Å². The minimum absolute atomic E-state index is 0.112. The molecule has 4 aromatic carbocycles. The second kappa shape index (κ2) is 27.5. The molecule has 0 spiro atoms.